The Hall–Kier alpha value is -0.900. The molecule has 0 aromatic heterocycles. The van der Waals surface area contributed by atoms with E-state index in [1.807, 2.05) is 33.8 Å². The number of allylic oxidation sites excluding steroid dienone is 2. The van der Waals surface area contributed by atoms with E-state index in [-0.39, 0.29) is 6.04 Å². The van der Waals surface area contributed by atoms with Crippen molar-refractivity contribution >= 4 is 0 Å². The zero-order chi connectivity index (χ0) is 8.85. The Morgan fingerprint density at radius 2 is 2.09 bits per heavy atom. The molecule has 4 heteroatoms. The molecule has 0 fully saturated rings. The van der Waals surface area contributed by atoms with Gasteiger partial charge in [0, 0.05) is 0 Å². The molecule has 64 valence electrons. The lowest BCUT2D eigenvalue weighted by molar-refractivity contribution is 0.221. The van der Waals surface area contributed by atoms with E-state index < -0.39 is 0 Å². The van der Waals surface area contributed by atoms with Crippen molar-refractivity contribution in [2.75, 3.05) is 0 Å². The molecule has 0 aromatic rings. The van der Waals surface area contributed by atoms with E-state index in [4.69, 9.17) is 5.84 Å². The molecule has 0 spiro atoms. The first kappa shape index (κ1) is 10.1. The monoisotopic (exact) mass is 156 g/mol. The maximum Gasteiger partial charge on any atom is 0.0601 e. The molecule has 0 saturated carbocycles. The normalized spacial score (nSPS) is 13.1. The smallest absolute Gasteiger partial charge is 0.0601 e. The van der Waals surface area contributed by atoms with E-state index >= 15 is 0 Å². The summed E-state index contributed by atoms with van der Waals surface area (Å²) in [5.41, 5.74) is 0.862. The SMILES string of the molecule is C/C=C(C)\N=N/N(N)C(C)C. The Morgan fingerprint density at radius 1 is 1.55 bits per heavy atom. The third-order valence-electron chi connectivity index (χ3n) is 1.25. The molecule has 11 heavy (non-hydrogen) atoms. The molecule has 0 rings (SSSR count). The molecule has 2 N–H and O–H groups in total. The van der Waals surface area contributed by atoms with Crippen LogP contribution in [0.5, 0.6) is 0 Å². The fourth-order valence-electron chi connectivity index (χ4n) is 0.283. The molecule has 4 nitrogen and oxygen atoms in total. The zero-order valence-corrected chi connectivity index (χ0v) is 7.57. The molecule has 0 aromatic carbocycles. The van der Waals surface area contributed by atoms with Gasteiger partial charge in [0.15, 0.2) is 0 Å². The van der Waals surface area contributed by atoms with Crippen LogP contribution >= 0.6 is 0 Å². The number of nitrogens with two attached hydrogens (primary N) is 1. The predicted molar refractivity (Wildman–Crippen MR) is 45.4 cm³/mol. The van der Waals surface area contributed by atoms with E-state index in [0.29, 0.717) is 0 Å². The third kappa shape index (κ3) is 4.50. The van der Waals surface area contributed by atoms with Gasteiger partial charge in [-0.15, -0.1) is 5.11 Å². The molecular formula is C7H16N4. The Balaban J connectivity index is 3.93. The molecule has 0 heterocycles. The number of hydrazine groups is 1. The van der Waals surface area contributed by atoms with Crippen molar-refractivity contribution < 1.29 is 0 Å². The number of rotatable bonds is 3. The van der Waals surface area contributed by atoms with Crippen LogP contribution in [0.4, 0.5) is 0 Å². The predicted octanol–water partition coefficient (Wildman–Crippen LogP) is 1.86. The van der Waals surface area contributed by atoms with Gasteiger partial charge in [-0.05, 0) is 27.7 Å². The molecule has 0 aliphatic carbocycles. The van der Waals surface area contributed by atoms with Gasteiger partial charge in [-0.1, -0.05) is 11.3 Å². The minimum Gasteiger partial charge on any atom is -0.230 e. The number of hydrogen-bond acceptors (Lipinski definition) is 3. The Bertz CT molecular complexity index is 160. The van der Waals surface area contributed by atoms with Crippen LogP contribution in [-0.2, 0) is 0 Å². The molecule has 0 saturated heterocycles. The summed E-state index contributed by atoms with van der Waals surface area (Å²) in [6, 6.07) is 0.184. The van der Waals surface area contributed by atoms with Crippen LogP contribution in [0.1, 0.15) is 27.7 Å². The van der Waals surface area contributed by atoms with Gasteiger partial charge in [0.05, 0.1) is 11.7 Å². The molecule has 0 bridgehead atoms. The highest BCUT2D eigenvalue weighted by molar-refractivity contribution is 4.90. The topological polar surface area (TPSA) is 54.0 Å². The van der Waals surface area contributed by atoms with Crippen LogP contribution in [0.25, 0.3) is 0 Å². The summed E-state index contributed by atoms with van der Waals surface area (Å²) < 4.78 is 0. The molecule has 0 aliphatic heterocycles. The second-order valence-corrected chi connectivity index (χ2v) is 2.59. The van der Waals surface area contributed by atoms with Crippen LogP contribution in [-0.4, -0.2) is 11.2 Å². The summed E-state index contributed by atoms with van der Waals surface area (Å²) in [6.45, 7) is 7.68. The highest BCUT2D eigenvalue weighted by atomic mass is 15.7. The molecule has 0 amide bonds. The van der Waals surface area contributed by atoms with Crippen molar-refractivity contribution in [2.45, 2.75) is 33.7 Å². The van der Waals surface area contributed by atoms with Gasteiger partial charge in [0.1, 0.15) is 0 Å². The Labute approximate surface area is 67.7 Å². The molecular weight excluding hydrogens is 140 g/mol. The van der Waals surface area contributed by atoms with E-state index in [1.165, 1.54) is 5.12 Å². The lowest BCUT2D eigenvalue weighted by Crippen LogP contribution is -2.31. The highest BCUT2D eigenvalue weighted by Gasteiger charge is 1.97. The highest BCUT2D eigenvalue weighted by Crippen LogP contribution is 1.97. The zero-order valence-electron chi connectivity index (χ0n) is 7.57. The second-order valence-electron chi connectivity index (χ2n) is 2.59. The van der Waals surface area contributed by atoms with E-state index in [9.17, 15) is 0 Å². The average molecular weight is 156 g/mol. The van der Waals surface area contributed by atoms with Crippen molar-refractivity contribution in [1.82, 2.24) is 5.12 Å². The van der Waals surface area contributed by atoms with E-state index in [0.717, 1.165) is 5.70 Å². The van der Waals surface area contributed by atoms with Gasteiger partial charge < -0.3 is 0 Å². The first-order valence-corrected chi connectivity index (χ1v) is 3.66. The Morgan fingerprint density at radius 3 is 2.45 bits per heavy atom. The summed E-state index contributed by atoms with van der Waals surface area (Å²) in [6.07, 6.45) is 1.87. The van der Waals surface area contributed by atoms with Crippen LogP contribution in [0, 0.1) is 0 Å². The minimum atomic E-state index is 0.184. The summed E-state index contributed by atoms with van der Waals surface area (Å²) in [4.78, 5) is 0. The van der Waals surface area contributed by atoms with Gasteiger partial charge in [0.2, 0.25) is 0 Å². The quantitative estimate of drug-likeness (QED) is 0.385. The summed E-state index contributed by atoms with van der Waals surface area (Å²) in [5, 5.41) is 8.94. The molecule has 0 unspecified atom stereocenters. The van der Waals surface area contributed by atoms with Gasteiger partial charge in [-0.25, -0.2) is 11.0 Å². The van der Waals surface area contributed by atoms with Crippen molar-refractivity contribution in [2.24, 2.45) is 16.2 Å². The molecule has 0 atom stereocenters. The summed E-state index contributed by atoms with van der Waals surface area (Å²) in [5.74, 6) is 5.47. The van der Waals surface area contributed by atoms with Crippen molar-refractivity contribution in [3.63, 3.8) is 0 Å². The van der Waals surface area contributed by atoms with Gasteiger partial charge in [0.25, 0.3) is 0 Å². The second kappa shape index (κ2) is 4.85. The lowest BCUT2D eigenvalue weighted by Gasteiger charge is -2.13. The summed E-state index contributed by atoms with van der Waals surface area (Å²) in [7, 11) is 0. The molecule has 0 radical (unpaired) electrons. The standard InChI is InChI=1S/C7H16N4/c1-5-7(4)9-10-11(8)6(2)3/h5-6H,8H2,1-4H3/b7-5-,10-9-. The van der Waals surface area contributed by atoms with Crippen molar-refractivity contribution in [3.8, 4) is 0 Å². The fourth-order valence-corrected chi connectivity index (χ4v) is 0.283. The van der Waals surface area contributed by atoms with Crippen LogP contribution in [0.2, 0.25) is 0 Å². The third-order valence-corrected chi connectivity index (χ3v) is 1.25. The van der Waals surface area contributed by atoms with Gasteiger partial charge in [-0.3, -0.25) is 0 Å². The fraction of sp³-hybridized carbons (Fsp3) is 0.714. The maximum atomic E-state index is 5.47. The van der Waals surface area contributed by atoms with Gasteiger partial charge in [-0.2, -0.15) is 0 Å². The van der Waals surface area contributed by atoms with Crippen LogP contribution in [0.15, 0.2) is 22.1 Å². The van der Waals surface area contributed by atoms with E-state index in [2.05, 4.69) is 10.3 Å². The van der Waals surface area contributed by atoms with Gasteiger partial charge >= 0.3 is 0 Å². The van der Waals surface area contributed by atoms with Crippen molar-refractivity contribution in [1.29, 1.82) is 0 Å². The number of nitrogens with zero attached hydrogens (tertiary/aromatic N) is 3. The first-order chi connectivity index (χ1) is 5.07. The molecule has 0 aliphatic rings. The average Bonchev–Trinajstić information content (AvgIpc) is 1.99. The Kier molecular flexibility index (Phi) is 4.45. The van der Waals surface area contributed by atoms with Crippen LogP contribution in [0.3, 0.4) is 0 Å². The lowest BCUT2D eigenvalue weighted by atomic mass is 10.4. The van der Waals surface area contributed by atoms with E-state index in [1.54, 1.807) is 0 Å². The maximum absolute atomic E-state index is 5.47. The summed E-state index contributed by atoms with van der Waals surface area (Å²) >= 11 is 0. The largest absolute Gasteiger partial charge is 0.230 e. The number of hydrogen-bond donors (Lipinski definition) is 1. The minimum absolute atomic E-state index is 0.184. The van der Waals surface area contributed by atoms with Crippen molar-refractivity contribution in [3.05, 3.63) is 11.8 Å². The van der Waals surface area contributed by atoms with Crippen LogP contribution < -0.4 is 5.84 Å². The first-order valence-electron chi connectivity index (χ1n) is 3.66.